The van der Waals surface area contributed by atoms with Gasteiger partial charge >= 0.3 is 5.97 Å². The summed E-state index contributed by atoms with van der Waals surface area (Å²) in [6, 6.07) is 3.82. The van der Waals surface area contributed by atoms with E-state index in [0.717, 1.165) is 41.6 Å². The SMILES string of the molecule is O=C(O)C1CCCCCC1Sc1ncccc1Br. The fraction of sp³-hybridized carbons (Fsp3) is 0.538. The largest absolute Gasteiger partial charge is 0.481 e. The van der Waals surface area contributed by atoms with E-state index in [0.29, 0.717) is 0 Å². The first-order valence-electron chi connectivity index (χ1n) is 6.18. The summed E-state index contributed by atoms with van der Waals surface area (Å²) in [5.41, 5.74) is 0. The highest BCUT2D eigenvalue weighted by molar-refractivity contribution is 9.10. The number of thioether (sulfide) groups is 1. The predicted molar refractivity (Wildman–Crippen MR) is 75.8 cm³/mol. The van der Waals surface area contributed by atoms with Crippen LogP contribution < -0.4 is 0 Å². The molecular formula is C13H16BrNO2S. The molecule has 1 aliphatic rings. The number of halogens is 1. The summed E-state index contributed by atoms with van der Waals surface area (Å²) in [4.78, 5) is 15.7. The molecule has 0 bridgehead atoms. The fourth-order valence-electron chi connectivity index (χ4n) is 2.30. The second kappa shape index (κ2) is 6.57. The Balaban J connectivity index is 2.14. The van der Waals surface area contributed by atoms with Crippen molar-refractivity contribution >= 4 is 33.7 Å². The molecule has 1 aromatic heterocycles. The van der Waals surface area contributed by atoms with Gasteiger partial charge in [0.15, 0.2) is 0 Å². The summed E-state index contributed by atoms with van der Waals surface area (Å²) in [6.45, 7) is 0. The minimum absolute atomic E-state index is 0.135. The Morgan fingerprint density at radius 3 is 2.89 bits per heavy atom. The number of carboxylic acid groups (broad SMARTS) is 1. The van der Waals surface area contributed by atoms with Crippen LogP contribution in [0.25, 0.3) is 0 Å². The molecule has 0 aromatic carbocycles. The van der Waals surface area contributed by atoms with Crippen molar-refractivity contribution in [3.8, 4) is 0 Å². The molecule has 1 heterocycles. The minimum Gasteiger partial charge on any atom is -0.481 e. The highest BCUT2D eigenvalue weighted by atomic mass is 79.9. The second-order valence-corrected chi connectivity index (χ2v) is 6.61. The number of carbonyl (C=O) groups is 1. The zero-order chi connectivity index (χ0) is 13.0. The summed E-state index contributed by atoms with van der Waals surface area (Å²) in [5, 5.41) is 10.4. The maximum absolute atomic E-state index is 11.3. The Morgan fingerprint density at radius 1 is 1.39 bits per heavy atom. The summed E-state index contributed by atoms with van der Waals surface area (Å²) in [5.74, 6) is -0.909. The van der Waals surface area contributed by atoms with Gasteiger partial charge in [-0.2, -0.15) is 0 Å². The first-order chi connectivity index (χ1) is 8.68. The van der Waals surface area contributed by atoms with E-state index in [9.17, 15) is 9.90 Å². The van der Waals surface area contributed by atoms with Gasteiger partial charge in [0.25, 0.3) is 0 Å². The number of carboxylic acids is 1. The van der Waals surface area contributed by atoms with Crippen molar-refractivity contribution in [3.05, 3.63) is 22.8 Å². The monoisotopic (exact) mass is 329 g/mol. The molecule has 2 unspecified atom stereocenters. The fourth-order valence-corrected chi connectivity index (χ4v) is 4.12. The van der Waals surface area contributed by atoms with Crippen molar-refractivity contribution in [2.75, 3.05) is 0 Å². The van der Waals surface area contributed by atoms with Crippen LogP contribution >= 0.6 is 27.7 Å². The molecule has 98 valence electrons. The van der Waals surface area contributed by atoms with Crippen LogP contribution in [0, 0.1) is 5.92 Å². The number of nitrogens with zero attached hydrogens (tertiary/aromatic N) is 1. The van der Waals surface area contributed by atoms with E-state index in [1.54, 1.807) is 18.0 Å². The van der Waals surface area contributed by atoms with E-state index >= 15 is 0 Å². The number of rotatable bonds is 3. The Kier molecular flexibility index (Phi) is 5.06. The van der Waals surface area contributed by atoms with Crippen molar-refractivity contribution < 1.29 is 9.90 Å². The van der Waals surface area contributed by atoms with Gasteiger partial charge in [-0.25, -0.2) is 4.98 Å². The van der Waals surface area contributed by atoms with Gasteiger partial charge in [0.05, 0.1) is 5.92 Å². The Bertz CT molecular complexity index is 427. The lowest BCUT2D eigenvalue weighted by atomic mass is 10.0. The molecule has 1 fully saturated rings. The van der Waals surface area contributed by atoms with Crippen molar-refractivity contribution in [1.29, 1.82) is 0 Å². The highest BCUT2D eigenvalue weighted by Crippen LogP contribution is 2.38. The van der Waals surface area contributed by atoms with Crippen molar-refractivity contribution in [1.82, 2.24) is 4.98 Å². The predicted octanol–water partition coefficient (Wildman–Crippen LogP) is 3.97. The molecule has 1 aliphatic carbocycles. The van der Waals surface area contributed by atoms with Gasteiger partial charge in [0, 0.05) is 15.9 Å². The van der Waals surface area contributed by atoms with E-state index in [2.05, 4.69) is 20.9 Å². The van der Waals surface area contributed by atoms with Crippen molar-refractivity contribution in [2.45, 2.75) is 42.4 Å². The van der Waals surface area contributed by atoms with E-state index in [1.807, 2.05) is 12.1 Å². The van der Waals surface area contributed by atoms with Crippen LogP contribution in [0.1, 0.15) is 32.1 Å². The Labute approximate surface area is 120 Å². The van der Waals surface area contributed by atoms with Crippen LogP contribution in [0.5, 0.6) is 0 Å². The van der Waals surface area contributed by atoms with E-state index in [-0.39, 0.29) is 11.2 Å². The lowest BCUT2D eigenvalue weighted by Gasteiger charge is -2.20. The number of pyridine rings is 1. The molecule has 0 radical (unpaired) electrons. The van der Waals surface area contributed by atoms with Crippen LogP contribution in [0.15, 0.2) is 27.8 Å². The lowest BCUT2D eigenvalue weighted by Crippen LogP contribution is -2.24. The number of aliphatic carboxylic acids is 1. The first kappa shape index (κ1) is 13.9. The molecule has 1 N–H and O–H groups in total. The Hall–Kier alpha value is -0.550. The normalized spacial score (nSPS) is 24.5. The summed E-state index contributed by atoms with van der Waals surface area (Å²) in [7, 11) is 0. The zero-order valence-corrected chi connectivity index (χ0v) is 12.4. The van der Waals surface area contributed by atoms with E-state index in [1.165, 1.54) is 0 Å². The molecule has 2 atom stereocenters. The molecule has 0 aliphatic heterocycles. The average molecular weight is 330 g/mol. The number of aromatic nitrogens is 1. The van der Waals surface area contributed by atoms with Gasteiger partial charge in [-0.1, -0.05) is 19.3 Å². The molecule has 1 aromatic rings. The quantitative estimate of drug-likeness (QED) is 0.852. The maximum atomic E-state index is 11.3. The number of hydrogen-bond donors (Lipinski definition) is 1. The third kappa shape index (κ3) is 3.48. The van der Waals surface area contributed by atoms with Gasteiger partial charge in [-0.3, -0.25) is 4.79 Å². The lowest BCUT2D eigenvalue weighted by molar-refractivity contribution is -0.141. The molecule has 5 heteroatoms. The van der Waals surface area contributed by atoms with Crippen LogP contribution in [0.4, 0.5) is 0 Å². The third-order valence-corrected chi connectivity index (χ3v) is 5.58. The van der Waals surface area contributed by atoms with Crippen LogP contribution in [0.2, 0.25) is 0 Å². The highest BCUT2D eigenvalue weighted by Gasteiger charge is 2.30. The summed E-state index contributed by atoms with van der Waals surface area (Å²) < 4.78 is 0.948. The standard InChI is InChI=1S/C13H16BrNO2S/c14-10-6-4-8-15-12(10)18-11-7-3-1-2-5-9(11)13(16)17/h4,6,8-9,11H,1-3,5,7H2,(H,16,17). The van der Waals surface area contributed by atoms with Crippen LogP contribution in [-0.4, -0.2) is 21.3 Å². The molecule has 18 heavy (non-hydrogen) atoms. The first-order valence-corrected chi connectivity index (χ1v) is 7.85. The van der Waals surface area contributed by atoms with Crippen molar-refractivity contribution in [2.24, 2.45) is 5.92 Å². The molecule has 0 saturated heterocycles. The molecule has 0 amide bonds. The van der Waals surface area contributed by atoms with Gasteiger partial charge in [-0.15, -0.1) is 11.8 Å². The minimum atomic E-state index is -0.665. The van der Waals surface area contributed by atoms with E-state index in [4.69, 9.17) is 0 Å². The van der Waals surface area contributed by atoms with Crippen molar-refractivity contribution in [3.63, 3.8) is 0 Å². The van der Waals surface area contributed by atoms with Gasteiger partial charge in [0.1, 0.15) is 5.03 Å². The molecule has 2 rings (SSSR count). The topological polar surface area (TPSA) is 50.2 Å². The third-order valence-electron chi connectivity index (χ3n) is 3.26. The smallest absolute Gasteiger partial charge is 0.307 e. The van der Waals surface area contributed by atoms with Gasteiger partial charge in [0.2, 0.25) is 0 Å². The van der Waals surface area contributed by atoms with Crippen LogP contribution in [-0.2, 0) is 4.79 Å². The van der Waals surface area contributed by atoms with Gasteiger partial charge in [-0.05, 0) is 40.9 Å². The Morgan fingerprint density at radius 2 is 2.17 bits per heavy atom. The molecule has 1 saturated carbocycles. The molecular weight excluding hydrogens is 314 g/mol. The number of hydrogen-bond acceptors (Lipinski definition) is 3. The molecule has 0 spiro atoms. The molecule has 3 nitrogen and oxygen atoms in total. The zero-order valence-electron chi connectivity index (χ0n) is 10.0. The second-order valence-electron chi connectivity index (χ2n) is 4.53. The average Bonchev–Trinajstić information content (AvgIpc) is 2.57. The van der Waals surface area contributed by atoms with E-state index < -0.39 is 5.97 Å². The maximum Gasteiger partial charge on any atom is 0.307 e. The summed E-state index contributed by atoms with van der Waals surface area (Å²) in [6.07, 6.45) is 6.79. The van der Waals surface area contributed by atoms with Crippen LogP contribution in [0.3, 0.4) is 0 Å². The van der Waals surface area contributed by atoms with Gasteiger partial charge < -0.3 is 5.11 Å². The summed E-state index contributed by atoms with van der Waals surface area (Å²) >= 11 is 5.07.